The fourth-order valence-electron chi connectivity index (χ4n) is 7.14. The Hall–Kier alpha value is -7.00. The molecule has 0 aromatic heterocycles. The molecule has 396 valence electrons. The number of nitrogens with one attached hydrogen (secondary N) is 7. The molecule has 1 rings (SSSR count). The van der Waals surface area contributed by atoms with Gasteiger partial charge in [-0.2, -0.15) is 0 Å². The van der Waals surface area contributed by atoms with E-state index in [1.165, 1.54) is 11.8 Å². The molecule has 22 N–H and O–H groups in total. The normalized spacial score (nSPS) is 15.7. The van der Waals surface area contributed by atoms with Crippen molar-refractivity contribution in [2.24, 2.45) is 66.9 Å². The van der Waals surface area contributed by atoms with Crippen LogP contribution in [0.1, 0.15) is 98.8 Å². The lowest BCUT2D eigenvalue weighted by Crippen LogP contribution is -2.58. The number of carbonyl (C=O) groups is 9. The summed E-state index contributed by atoms with van der Waals surface area (Å²) in [5.74, 6) is -7.54. The van der Waals surface area contributed by atoms with E-state index in [4.69, 9.17) is 45.2 Å². The van der Waals surface area contributed by atoms with Crippen molar-refractivity contribution >= 4 is 71.1 Å². The molecule has 0 saturated carbocycles. The highest BCUT2D eigenvalue weighted by Crippen LogP contribution is 2.20. The molecule has 0 aromatic carbocycles. The summed E-state index contributed by atoms with van der Waals surface area (Å²) in [4.78, 5) is 132. The van der Waals surface area contributed by atoms with Crippen LogP contribution in [0.5, 0.6) is 0 Å². The number of rotatable bonds is 32. The molecule has 70 heavy (non-hydrogen) atoms. The standard InChI is InChI=1S/C42H78N18O10/c1-22(2)18-28(35(66)54-21-32(62)63)59-37(68)29(19-23(3)4)56-31(61)20-53-38(69)30-13-9-17-60(30)39(70)27(12-8-16-52-42(48)49)58-36(67)26(11-7-15-51-41(46)47)57-33(64)24(5)55-34(65)25(43)10-6-14-50-40(44)45/h22-30H,6-21,43H2,1-5H3,(H,53,69)(H,54,66)(H,55,65)(H,56,61)(H,57,64)(H,58,67)(H,59,68)(H,62,63)(H4,44,45,50)(H4,46,47,51)(H4,48,49,52)/t24-,25-,26-,27-,28-,29-,30-/m0/s1. The molecule has 0 radical (unpaired) electrons. The van der Waals surface area contributed by atoms with Crippen molar-refractivity contribution in [2.75, 3.05) is 39.3 Å². The van der Waals surface area contributed by atoms with Crippen LogP contribution in [0.25, 0.3) is 0 Å². The number of hydrogen-bond acceptors (Lipinski definition) is 13. The van der Waals surface area contributed by atoms with Crippen molar-refractivity contribution in [2.45, 2.75) is 141 Å². The van der Waals surface area contributed by atoms with E-state index in [1.54, 1.807) is 0 Å². The Morgan fingerprint density at radius 1 is 0.571 bits per heavy atom. The number of hydrogen-bond donors (Lipinski definition) is 15. The molecular formula is C42H78N18O10. The topological polar surface area (TPSA) is 481 Å². The van der Waals surface area contributed by atoms with Crippen LogP contribution in [0, 0.1) is 11.8 Å². The summed E-state index contributed by atoms with van der Waals surface area (Å²) in [6, 6.07) is -7.95. The minimum Gasteiger partial charge on any atom is -0.480 e. The molecule has 0 unspecified atom stereocenters. The SMILES string of the molecule is CC(C)C[C@H](NC(=O)CNC(=O)[C@@H]1CCCN1C(=O)[C@H](CCCN=C(N)N)NC(=O)[C@H](CCCN=C(N)N)NC(=O)[C@H](C)NC(=O)[C@@H](N)CCCN=C(N)N)C(=O)N[C@@H](CC(C)C)C(=O)NCC(=O)O. The average molecular weight is 995 g/mol. The van der Waals surface area contributed by atoms with Gasteiger partial charge in [-0.3, -0.25) is 58.1 Å². The van der Waals surface area contributed by atoms with E-state index in [0.29, 0.717) is 12.8 Å². The summed E-state index contributed by atoms with van der Waals surface area (Å²) >= 11 is 0. The van der Waals surface area contributed by atoms with Gasteiger partial charge in [-0.25, -0.2) is 0 Å². The minimum atomic E-state index is -1.27. The van der Waals surface area contributed by atoms with Crippen LogP contribution < -0.4 is 77.4 Å². The van der Waals surface area contributed by atoms with Gasteiger partial charge in [0.1, 0.15) is 42.8 Å². The molecule has 1 fully saturated rings. The van der Waals surface area contributed by atoms with Gasteiger partial charge in [0.2, 0.25) is 47.3 Å². The van der Waals surface area contributed by atoms with Crippen molar-refractivity contribution < 1.29 is 48.3 Å². The second kappa shape index (κ2) is 31.9. The van der Waals surface area contributed by atoms with Gasteiger partial charge in [0.05, 0.1) is 12.6 Å². The van der Waals surface area contributed by atoms with Crippen LogP contribution in [0.3, 0.4) is 0 Å². The van der Waals surface area contributed by atoms with Gasteiger partial charge < -0.3 is 87.4 Å². The fraction of sp³-hybridized carbons (Fsp3) is 0.714. The molecule has 1 aliphatic rings. The fourth-order valence-corrected chi connectivity index (χ4v) is 7.14. The third-order valence-corrected chi connectivity index (χ3v) is 10.6. The van der Waals surface area contributed by atoms with Crippen LogP contribution in [0.4, 0.5) is 0 Å². The summed E-state index contributed by atoms with van der Waals surface area (Å²) in [5, 5.41) is 26.9. The lowest BCUT2D eigenvalue weighted by Gasteiger charge is -2.30. The molecule has 0 spiro atoms. The Balaban J connectivity index is 3.24. The monoisotopic (exact) mass is 995 g/mol. The van der Waals surface area contributed by atoms with Crippen molar-refractivity contribution in [3.05, 3.63) is 0 Å². The third-order valence-electron chi connectivity index (χ3n) is 10.6. The zero-order valence-electron chi connectivity index (χ0n) is 41.0. The Bertz CT molecular complexity index is 1870. The Morgan fingerprint density at radius 3 is 1.56 bits per heavy atom. The van der Waals surface area contributed by atoms with Gasteiger partial charge in [-0.1, -0.05) is 27.7 Å². The summed E-state index contributed by atoms with van der Waals surface area (Å²) in [6.07, 6.45) is 1.94. The zero-order valence-corrected chi connectivity index (χ0v) is 41.0. The first kappa shape index (κ1) is 61.0. The highest BCUT2D eigenvalue weighted by atomic mass is 16.4. The van der Waals surface area contributed by atoms with Gasteiger partial charge >= 0.3 is 5.97 Å². The second-order valence-electron chi connectivity index (χ2n) is 17.8. The second-order valence-corrected chi connectivity index (χ2v) is 17.8. The van der Waals surface area contributed by atoms with E-state index in [0.717, 1.165) is 0 Å². The van der Waals surface area contributed by atoms with E-state index < -0.39 is 109 Å². The van der Waals surface area contributed by atoms with E-state index >= 15 is 0 Å². The number of aliphatic carboxylic acids is 1. The van der Waals surface area contributed by atoms with Gasteiger partial charge in [0.15, 0.2) is 17.9 Å². The molecule has 7 atom stereocenters. The van der Waals surface area contributed by atoms with Gasteiger partial charge in [0, 0.05) is 26.2 Å². The largest absolute Gasteiger partial charge is 0.480 e. The number of nitrogens with two attached hydrogens (primary N) is 7. The molecular weight excluding hydrogens is 917 g/mol. The molecule has 28 nitrogen and oxygen atoms in total. The van der Waals surface area contributed by atoms with Crippen molar-refractivity contribution in [3.63, 3.8) is 0 Å². The number of carbonyl (C=O) groups excluding carboxylic acids is 8. The summed E-state index contributed by atoms with van der Waals surface area (Å²) in [6.45, 7) is 7.95. The third kappa shape index (κ3) is 24.9. The van der Waals surface area contributed by atoms with Crippen LogP contribution in [-0.4, -0.2) is 163 Å². The molecule has 1 saturated heterocycles. The molecule has 0 aliphatic carbocycles. The van der Waals surface area contributed by atoms with Crippen LogP contribution in [0.15, 0.2) is 15.0 Å². The van der Waals surface area contributed by atoms with E-state index in [2.05, 4.69) is 52.2 Å². The quantitative estimate of drug-likeness (QED) is 0.0170. The number of guanidine groups is 3. The predicted molar refractivity (Wildman–Crippen MR) is 260 cm³/mol. The number of nitrogens with zero attached hydrogens (tertiary/aromatic N) is 4. The predicted octanol–water partition coefficient (Wildman–Crippen LogP) is -5.68. The number of carboxylic acid groups (broad SMARTS) is 1. The number of carboxylic acids is 1. The maximum Gasteiger partial charge on any atom is 0.322 e. The summed E-state index contributed by atoms with van der Waals surface area (Å²) in [7, 11) is 0. The molecule has 1 aliphatic heterocycles. The molecule has 0 aromatic rings. The lowest BCUT2D eigenvalue weighted by atomic mass is 10.00. The van der Waals surface area contributed by atoms with Gasteiger partial charge in [-0.15, -0.1) is 0 Å². The van der Waals surface area contributed by atoms with Gasteiger partial charge in [-0.05, 0) is 83.0 Å². The van der Waals surface area contributed by atoms with Gasteiger partial charge in [0.25, 0.3) is 0 Å². The molecule has 1 heterocycles. The van der Waals surface area contributed by atoms with Crippen LogP contribution in [-0.2, 0) is 43.2 Å². The maximum atomic E-state index is 14.3. The first-order valence-corrected chi connectivity index (χ1v) is 23.3. The lowest BCUT2D eigenvalue weighted by molar-refractivity contribution is -0.142. The number of aliphatic imine (C=N–C) groups is 3. The zero-order chi connectivity index (χ0) is 53.1. The van der Waals surface area contributed by atoms with Crippen molar-refractivity contribution in [1.82, 2.24) is 42.1 Å². The van der Waals surface area contributed by atoms with Crippen LogP contribution in [0.2, 0.25) is 0 Å². The number of amides is 8. The summed E-state index contributed by atoms with van der Waals surface area (Å²) < 4.78 is 0. The average Bonchev–Trinajstić information content (AvgIpc) is 3.77. The van der Waals surface area contributed by atoms with Crippen molar-refractivity contribution in [1.29, 1.82) is 0 Å². The molecule has 28 heteroatoms. The molecule has 0 bridgehead atoms. The number of likely N-dealkylation sites (tertiary alicyclic amines) is 1. The Morgan fingerprint density at radius 2 is 1.04 bits per heavy atom. The Kier molecular flexibility index (Phi) is 27.8. The van der Waals surface area contributed by atoms with Crippen LogP contribution >= 0.6 is 0 Å². The van der Waals surface area contributed by atoms with E-state index in [-0.39, 0.29) is 107 Å². The summed E-state index contributed by atoms with van der Waals surface area (Å²) in [5.41, 5.74) is 38.6. The molecule has 8 amide bonds. The smallest absolute Gasteiger partial charge is 0.322 e. The highest BCUT2D eigenvalue weighted by Gasteiger charge is 2.39. The highest BCUT2D eigenvalue weighted by molar-refractivity contribution is 5.97. The maximum absolute atomic E-state index is 14.3. The van der Waals surface area contributed by atoms with Crippen molar-refractivity contribution in [3.8, 4) is 0 Å². The van der Waals surface area contributed by atoms with E-state index in [9.17, 15) is 43.2 Å². The Labute approximate surface area is 408 Å². The minimum absolute atomic E-state index is 0.00462. The first-order chi connectivity index (χ1) is 32.8. The first-order valence-electron chi connectivity index (χ1n) is 23.3. The van der Waals surface area contributed by atoms with E-state index in [1.807, 2.05) is 27.7 Å².